The zero-order valence-corrected chi connectivity index (χ0v) is 18.8. The van der Waals surface area contributed by atoms with Crippen molar-refractivity contribution in [1.82, 2.24) is 10.2 Å². The molecule has 0 unspecified atom stereocenters. The molecule has 0 fully saturated rings. The maximum atomic E-state index is 13.8. The van der Waals surface area contributed by atoms with Crippen LogP contribution in [0, 0.1) is 11.7 Å². The molecule has 0 spiro atoms. The Morgan fingerprint density at radius 1 is 1.13 bits per heavy atom. The quantitative estimate of drug-likeness (QED) is 0.591. The Hall–Kier alpha value is -2.64. The minimum Gasteiger partial charge on any atom is -0.454 e. The fraction of sp³-hybridized carbons (Fsp3) is 0.318. The van der Waals surface area contributed by atoms with Crippen LogP contribution in [0.3, 0.4) is 0 Å². The standard InChI is InChI=1S/C22H23Cl2FN2O4/c1-13(2)20(26-21(29)16-9-8-15(23)10-17(16)24)22(30)31-12-19(28)27(3)11-14-6-4-5-7-18(14)25/h4-10,13,20H,11-12H2,1-3H3,(H,26,29)/t20-/m0/s1. The van der Waals surface area contributed by atoms with E-state index in [1.54, 1.807) is 32.0 Å². The first-order chi connectivity index (χ1) is 14.6. The lowest BCUT2D eigenvalue weighted by Crippen LogP contribution is -2.46. The lowest BCUT2D eigenvalue weighted by Gasteiger charge is -2.22. The second-order valence-corrected chi connectivity index (χ2v) is 8.11. The molecule has 9 heteroatoms. The zero-order valence-electron chi connectivity index (χ0n) is 17.3. The summed E-state index contributed by atoms with van der Waals surface area (Å²) in [5.74, 6) is -2.58. The average molecular weight is 469 g/mol. The van der Waals surface area contributed by atoms with Crippen LogP contribution in [-0.2, 0) is 20.9 Å². The highest BCUT2D eigenvalue weighted by atomic mass is 35.5. The molecule has 31 heavy (non-hydrogen) atoms. The van der Waals surface area contributed by atoms with Crippen molar-refractivity contribution in [1.29, 1.82) is 0 Å². The summed E-state index contributed by atoms with van der Waals surface area (Å²) < 4.78 is 18.9. The minimum absolute atomic E-state index is 0.0302. The molecule has 2 amide bonds. The SMILES string of the molecule is CC(C)[C@H](NC(=O)c1ccc(Cl)cc1Cl)C(=O)OCC(=O)N(C)Cc1ccccc1F. The van der Waals surface area contributed by atoms with Gasteiger partial charge in [-0.15, -0.1) is 0 Å². The number of benzene rings is 2. The summed E-state index contributed by atoms with van der Waals surface area (Å²) in [5.41, 5.74) is 0.502. The van der Waals surface area contributed by atoms with E-state index in [-0.39, 0.29) is 23.0 Å². The predicted molar refractivity (Wildman–Crippen MR) is 116 cm³/mol. The number of esters is 1. The molecule has 166 valence electrons. The third-order valence-electron chi connectivity index (χ3n) is 4.51. The molecule has 0 aliphatic carbocycles. The number of rotatable bonds is 8. The molecule has 0 radical (unpaired) electrons. The first-order valence-electron chi connectivity index (χ1n) is 9.50. The zero-order chi connectivity index (χ0) is 23.1. The lowest BCUT2D eigenvalue weighted by atomic mass is 10.0. The third-order valence-corrected chi connectivity index (χ3v) is 5.06. The maximum absolute atomic E-state index is 13.8. The van der Waals surface area contributed by atoms with Gasteiger partial charge in [0.1, 0.15) is 11.9 Å². The monoisotopic (exact) mass is 468 g/mol. The summed E-state index contributed by atoms with van der Waals surface area (Å²) >= 11 is 11.9. The van der Waals surface area contributed by atoms with Crippen molar-refractivity contribution in [3.05, 3.63) is 69.5 Å². The molecular formula is C22H23Cl2FN2O4. The molecule has 0 saturated heterocycles. The summed E-state index contributed by atoms with van der Waals surface area (Å²) in [7, 11) is 1.48. The fourth-order valence-corrected chi connectivity index (χ4v) is 3.19. The Kier molecular flexibility index (Phi) is 8.83. The van der Waals surface area contributed by atoms with E-state index in [4.69, 9.17) is 27.9 Å². The van der Waals surface area contributed by atoms with E-state index in [0.29, 0.717) is 10.6 Å². The largest absolute Gasteiger partial charge is 0.454 e. The molecule has 0 heterocycles. The second kappa shape index (κ2) is 11.1. The maximum Gasteiger partial charge on any atom is 0.329 e. The molecule has 0 aliphatic heterocycles. The predicted octanol–water partition coefficient (Wildman–Crippen LogP) is 4.09. The van der Waals surface area contributed by atoms with Crippen molar-refractivity contribution in [3.8, 4) is 0 Å². The number of halogens is 3. The molecule has 0 saturated carbocycles. The summed E-state index contributed by atoms with van der Waals surface area (Å²) in [6, 6.07) is 9.47. The Morgan fingerprint density at radius 3 is 2.42 bits per heavy atom. The number of hydrogen-bond acceptors (Lipinski definition) is 4. The molecule has 1 atom stereocenters. The summed E-state index contributed by atoms with van der Waals surface area (Å²) in [5, 5.41) is 3.10. The molecule has 2 aromatic rings. The van der Waals surface area contributed by atoms with E-state index in [1.807, 2.05) is 0 Å². The Labute approximate surface area is 190 Å². The molecule has 6 nitrogen and oxygen atoms in total. The van der Waals surface area contributed by atoms with Gasteiger partial charge >= 0.3 is 5.97 Å². The minimum atomic E-state index is -0.996. The number of carbonyl (C=O) groups is 3. The fourth-order valence-electron chi connectivity index (χ4n) is 2.69. The van der Waals surface area contributed by atoms with Gasteiger partial charge in [0.05, 0.1) is 10.6 Å². The van der Waals surface area contributed by atoms with Gasteiger partial charge in [0.2, 0.25) is 0 Å². The van der Waals surface area contributed by atoms with Gasteiger partial charge in [0, 0.05) is 24.2 Å². The van der Waals surface area contributed by atoms with Crippen LogP contribution in [0.5, 0.6) is 0 Å². The summed E-state index contributed by atoms with van der Waals surface area (Å²) in [6.45, 7) is 2.94. The first kappa shape index (κ1) is 24.6. The van der Waals surface area contributed by atoms with E-state index < -0.39 is 36.2 Å². The first-order valence-corrected chi connectivity index (χ1v) is 10.3. The Balaban J connectivity index is 1.96. The van der Waals surface area contributed by atoms with Gasteiger partial charge in [-0.05, 0) is 30.2 Å². The molecule has 0 aliphatic rings. The molecule has 2 rings (SSSR count). The number of ether oxygens (including phenoxy) is 1. The van der Waals surface area contributed by atoms with Crippen LogP contribution < -0.4 is 5.32 Å². The normalized spacial score (nSPS) is 11.7. The smallest absolute Gasteiger partial charge is 0.329 e. The van der Waals surface area contributed by atoms with Crippen molar-refractivity contribution in [2.75, 3.05) is 13.7 Å². The van der Waals surface area contributed by atoms with E-state index in [9.17, 15) is 18.8 Å². The van der Waals surface area contributed by atoms with E-state index in [2.05, 4.69) is 5.32 Å². The van der Waals surface area contributed by atoms with E-state index >= 15 is 0 Å². The second-order valence-electron chi connectivity index (χ2n) is 7.27. The van der Waals surface area contributed by atoms with Gasteiger partial charge in [-0.2, -0.15) is 0 Å². The highest BCUT2D eigenvalue weighted by Crippen LogP contribution is 2.21. The van der Waals surface area contributed by atoms with Crippen molar-refractivity contribution < 1.29 is 23.5 Å². The summed E-state index contributed by atoms with van der Waals surface area (Å²) in [6.07, 6.45) is 0. The molecule has 2 aromatic carbocycles. The van der Waals surface area contributed by atoms with Gasteiger partial charge in [-0.25, -0.2) is 9.18 Å². The number of carbonyl (C=O) groups excluding carboxylic acids is 3. The van der Waals surface area contributed by atoms with Gasteiger partial charge in [0.25, 0.3) is 11.8 Å². The number of hydrogen-bond donors (Lipinski definition) is 1. The van der Waals surface area contributed by atoms with Gasteiger partial charge in [-0.1, -0.05) is 55.2 Å². The van der Waals surface area contributed by atoms with E-state index in [1.165, 1.54) is 36.2 Å². The van der Waals surface area contributed by atoms with Crippen molar-refractivity contribution in [3.63, 3.8) is 0 Å². The van der Waals surface area contributed by atoms with Crippen molar-refractivity contribution in [2.45, 2.75) is 26.4 Å². The van der Waals surface area contributed by atoms with Crippen LogP contribution in [0.15, 0.2) is 42.5 Å². The van der Waals surface area contributed by atoms with Crippen LogP contribution in [0.25, 0.3) is 0 Å². The third kappa shape index (κ3) is 6.94. The van der Waals surface area contributed by atoms with Crippen LogP contribution in [-0.4, -0.2) is 42.4 Å². The number of nitrogens with zero attached hydrogens (tertiary/aromatic N) is 1. The highest BCUT2D eigenvalue weighted by molar-refractivity contribution is 6.36. The lowest BCUT2D eigenvalue weighted by molar-refractivity contribution is -0.154. The van der Waals surface area contributed by atoms with Crippen LogP contribution in [0.1, 0.15) is 29.8 Å². The van der Waals surface area contributed by atoms with Crippen LogP contribution >= 0.6 is 23.2 Å². The average Bonchev–Trinajstić information content (AvgIpc) is 2.71. The Bertz CT molecular complexity index is 968. The number of nitrogens with one attached hydrogen (secondary N) is 1. The van der Waals surface area contributed by atoms with Gasteiger partial charge in [0.15, 0.2) is 6.61 Å². The molecule has 0 aromatic heterocycles. The highest BCUT2D eigenvalue weighted by Gasteiger charge is 2.28. The molecular weight excluding hydrogens is 446 g/mol. The van der Waals surface area contributed by atoms with Crippen LogP contribution in [0.2, 0.25) is 10.0 Å². The van der Waals surface area contributed by atoms with E-state index in [0.717, 1.165) is 0 Å². The topological polar surface area (TPSA) is 75.7 Å². The van der Waals surface area contributed by atoms with Gasteiger partial charge < -0.3 is 15.0 Å². The van der Waals surface area contributed by atoms with Crippen molar-refractivity contribution >= 4 is 41.0 Å². The van der Waals surface area contributed by atoms with Crippen LogP contribution in [0.4, 0.5) is 4.39 Å². The number of likely N-dealkylation sites (N-methyl/N-ethyl adjacent to an activating group) is 1. The molecule has 1 N–H and O–H groups in total. The van der Waals surface area contributed by atoms with Gasteiger partial charge in [-0.3, -0.25) is 9.59 Å². The number of amides is 2. The summed E-state index contributed by atoms with van der Waals surface area (Å²) in [4.78, 5) is 38.6. The Morgan fingerprint density at radius 2 is 1.81 bits per heavy atom. The molecule has 0 bridgehead atoms. The van der Waals surface area contributed by atoms with Crippen molar-refractivity contribution in [2.24, 2.45) is 5.92 Å².